The average Bonchev–Trinajstić information content (AvgIpc) is 2.54. The number of carbonyl (C=O) groups excluding carboxylic acids is 1. The molecule has 0 fully saturated rings. The first-order valence-corrected chi connectivity index (χ1v) is 9.05. The van der Waals surface area contributed by atoms with E-state index >= 15 is 0 Å². The Morgan fingerprint density at radius 2 is 1.72 bits per heavy atom. The van der Waals surface area contributed by atoms with Gasteiger partial charge in [-0.2, -0.15) is 4.31 Å². The third-order valence-corrected chi connectivity index (χ3v) is 5.45. The molecule has 2 aromatic rings. The van der Waals surface area contributed by atoms with Crippen LogP contribution in [0, 0.1) is 5.82 Å². The summed E-state index contributed by atoms with van der Waals surface area (Å²) >= 11 is 0. The van der Waals surface area contributed by atoms with Gasteiger partial charge in [-0.25, -0.2) is 17.6 Å². The quantitative estimate of drug-likeness (QED) is 0.837. The van der Waals surface area contributed by atoms with Crippen molar-refractivity contribution in [2.45, 2.75) is 24.8 Å². The van der Waals surface area contributed by atoms with Gasteiger partial charge >= 0.3 is 6.03 Å². The lowest BCUT2D eigenvalue weighted by Gasteiger charge is -2.34. The minimum absolute atomic E-state index is 0.0185. The van der Waals surface area contributed by atoms with Crippen LogP contribution < -0.4 is 13.9 Å². The number of halogens is 1. The van der Waals surface area contributed by atoms with E-state index in [-0.39, 0.29) is 22.4 Å². The highest BCUT2D eigenvalue weighted by atomic mass is 32.2. The number of urea groups is 1. The molecule has 0 bridgehead atoms. The molecule has 0 spiro atoms. The molecule has 0 aliphatic carbocycles. The lowest BCUT2D eigenvalue weighted by Crippen LogP contribution is -2.49. The van der Waals surface area contributed by atoms with E-state index in [1.165, 1.54) is 36.2 Å². The van der Waals surface area contributed by atoms with Crippen LogP contribution in [0.2, 0.25) is 0 Å². The van der Waals surface area contributed by atoms with E-state index in [2.05, 4.69) is 0 Å². The number of hydrogen-bond acceptors (Lipinski definition) is 4. The van der Waals surface area contributed by atoms with Crippen LogP contribution >= 0.6 is 0 Å². The summed E-state index contributed by atoms with van der Waals surface area (Å²) in [5.74, 6) is -0.0475. The Morgan fingerprint density at radius 3 is 2.32 bits per heavy atom. The van der Waals surface area contributed by atoms with Crippen LogP contribution in [0.5, 0.6) is 5.75 Å². The summed E-state index contributed by atoms with van der Waals surface area (Å²) in [6.07, 6.45) is -0.0880. The van der Waals surface area contributed by atoms with Crippen molar-refractivity contribution in [1.82, 2.24) is 0 Å². The molecule has 6 nitrogen and oxygen atoms in total. The molecular weight excluding hydrogens is 347 g/mol. The molecule has 8 heteroatoms. The molecule has 1 aliphatic heterocycles. The first kappa shape index (κ1) is 17.2. The third kappa shape index (κ3) is 2.93. The number of fused-ring (bicyclic) bond motifs is 1. The van der Waals surface area contributed by atoms with Crippen LogP contribution in [0.15, 0.2) is 47.4 Å². The van der Waals surface area contributed by atoms with Gasteiger partial charge < -0.3 is 4.74 Å². The van der Waals surface area contributed by atoms with Gasteiger partial charge in [0.1, 0.15) is 16.5 Å². The average molecular weight is 364 g/mol. The number of benzene rings is 2. The van der Waals surface area contributed by atoms with Crippen LogP contribution in [0.3, 0.4) is 0 Å². The zero-order valence-electron chi connectivity index (χ0n) is 13.9. The maximum Gasteiger partial charge on any atom is 0.342 e. The highest BCUT2D eigenvalue weighted by molar-refractivity contribution is 7.94. The maximum absolute atomic E-state index is 13.1. The van der Waals surface area contributed by atoms with E-state index in [0.717, 1.165) is 12.1 Å². The van der Waals surface area contributed by atoms with Crippen molar-refractivity contribution < 1.29 is 22.3 Å². The molecule has 1 heterocycles. The van der Waals surface area contributed by atoms with Gasteiger partial charge in [-0.05, 0) is 50.2 Å². The van der Waals surface area contributed by atoms with E-state index < -0.39 is 21.9 Å². The normalized spacial score (nSPS) is 16.1. The first-order chi connectivity index (χ1) is 11.7. The molecule has 0 radical (unpaired) electrons. The van der Waals surface area contributed by atoms with Crippen LogP contribution in [0.4, 0.5) is 20.6 Å². The molecule has 2 amide bonds. The zero-order chi connectivity index (χ0) is 18.4. The molecule has 0 saturated carbocycles. The predicted octanol–water partition coefficient (Wildman–Crippen LogP) is 3.38. The molecule has 0 atom stereocenters. The largest absolute Gasteiger partial charge is 0.491 e. The van der Waals surface area contributed by atoms with Crippen molar-refractivity contribution in [3.63, 3.8) is 0 Å². The fourth-order valence-electron chi connectivity index (χ4n) is 2.59. The van der Waals surface area contributed by atoms with Crippen molar-refractivity contribution in [2.24, 2.45) is 0 Å². The highest BCUT2D eigenvalue weighted by Crippen LogP contribution is 2.38. The topological polar surface area (TPSA) is 66.9 Å². The van der Waals surface area contributed by atoms with Gasteiger partial charge in [0.25, 0.3) is 10.0 Å². The molecule has 0 aromatic heterocycles. The van der Waals surface area contributed by atoms with Crippen LogP contribution in [0.25, 0.3) is 0 Å². The molecule has 0 N–H and O–H groups in total. The number of nitrogens with zero attached hydrogens (tertiary/aromatic N) is 2. The Kier molecular flexibility index (Phi) is 4.16. The number of sulfonamides is 1. The van der Waals surface area contributed by atoms with Crippen molar-refractivity contribution in [2.75, 3.05) is 16.3 Å². The standard InChI is InChI=1S/C17H17FN2O4S/c1-11(2)24-14-8-9-16-15(10-14)19(3)17(21)20(25(16,22)23)13-6-4-12(18)5-7-13/h4-11H,1-3H3. The number of anilines is 2. The first-order valence-electron chi connectivity index (χ1n) is 7.61. The van der Waals surface area contributed by atoms with E-state index in [1.807, 2.05) is 13.8 Å². The van der Waals surface area contributed by atoms with Crippen LogP contribution in [0.1, 0.15) is 13.8 Å². The number of amides is 2. The van der Waals surface area contributed by atoms with Gasteiger partial charge in [-0.15, -0.1) is 0 Å². The number of carbonyl (C=O) groups is 1. The number of hydrogen-bond donors (Lipinski definition) is 0. The number of ether oxygens (including phenoxy) is 1. The van der Waals surface area contributed by atoms with Crippen molar-refractivity contribution in [3.05, 3.63) is 48.3 Å². The lowest BCUT2D eigenvalue weighted by molar-refractivity contribution is 0.242. The fourth-order valence-corrected chi connectivity index (χ4v) is 4.21. The molecule has 0 saturated heterocycles. The van der Waals surface area contributed by atoms with Gasteiger partial charge in [-0.3, -0.25) is 4.90 Å². The summed E-state index contributed by atoms with van der Waals surface area (Å²) in [5, 5.41) is 0. The minimum atomic E-state index is -4.11. The van der Waals surface area contributed by atoms with Crippen molar-refractivity contribution in [1.29, 1.82) is 0 Å². The van der Waals surface area contributed by atoms with Gasteiger partial charge in [0, 0.05) is 13.1 Å². The van der Waals surface area contributed by atoms with E-state index in [1.54, 1.807) is 6.07 Å². The second kappa shape index (κ2) is 6.03. The van der Waals surface area contributed by atoms with Gasteiger partial charge in [0.15, 0.2) is 0 Å². The third-order valence-electron chi connectivity index (χ3n) is 3.70. The van der Waals surface area contributed by atoms with Crippen LogP contribution in [-0.2, 0) is 10.0 Å². The molecular formula is C17H17FN2O4S. The molecule has 132 valence electrons. The predicted molar refractivity (Wildman–Crippen MR) is 92.1 cm³/mol. The second-order valence-corrected chi connectivity index (χ2v) is 7.64. The SMILES string of the molecule is CC(C)Oc1ccc2c(c1)N(C)C(=O)N(c1ccc(F)cc1)S2(=O)=O. The Balaban J connectivity index is 2.13. The summed E-state index contributed by atoms with van der Waals surface area (Å²) < 4.78 is 45.2. The summed E-state index contributed by atoms with van der Waals surface area (Å²) in [7, 11) is -2.63. The Hall–Kier alpha value is -2.61. The highest BCUT2D eigenvalue weighted by Gasteiger charge is 2.41. The van der Waals surface area contributed by atoms with Gasteiger partial charge in [0.05, 0.1) is 17.5 Å². The maximum atomic E-state index is 13.1. The van der Waals surface area contributed by atoms with Crippen LogP contribution in [-0.4, -0.2) is 27.6 Å². The van der Waals surface area contributed by atoms with Crippen molar-refractivity contribution in [3.8, 4) is 5.75 Å². The monoisotopic (exact) mass is 364 g/mol. The molecule has 1 aliphatic rings. The van der Waals surface area contributed by atoms with E-state index in [4.69, 9.17) is 4.74 Å². The Labute approximate surface area is 145 Å². The Morgan fingerprint density at radius 1 is 1.08 bits per heavy atom. The van der Waals surface area contributed by atoms with Gasteiger partial charge in [0.2, 0.25) is 0 Å². The molecule has 0 unspecified atom stereocenters. The van der Waals surface area contributed by atoms with Crippen molar-refractivity contribution >= 4 is 27.4 Å². The fraction of sp³-hybridized carbons (Fsp3) is 0.235. The lowest BCUT2D eigenvalue weighted by atomic mass is 10.2. The van der Waals surface area contributed by atoms with Gasteiger partial charge in [-0.1, -0.05) is 0 Å². The molecule has 3 rings (SSSR count). The summed E-state index contributed by atoms with van der Waals surface area (Å²) in [6.45, 7) is 3.70. The molecule has 2 aromatic carbocycles. The molecule has 25 heavy (non-hydrogen) atoms. The second-order valence-electron chi connectivity index (χ2n) is 5.88. The summed E-state index contributed by atoms with van der Waals surface area (Å²) in [4.78, 5) is 13.9. The Bertz CT molecular complexity index is 926. The van der Waals surface area contributed by atoms with E-state index in [0.29, 0.717) is 10.1 Å². The number of rotatable bonds is 3. The zero-order valence-corrected chi connectivity index (χ0v) is 14.7. The van der Waals surface area contributed by atoms with E-state index in [9.17, 15) is 17.6 Å². The minimum Gasteiger partial charge on any atom is -0.491 e. The summed E-state index contributed by atoms with van der Waals surface area (Å²) in [5.41, 5.74) is 0.313. The smallest absolute Gasteiger partial charge is 0.342 e. The summed E-state index contributed by atoms with van der Waals surface area (Å²) in [6, 6.07) is 8.43.